The lowest BCUT2D eigenvalue weighted by Crippen LogP contribution is -2.50. The normalized spacial score (nSPS) is 19.4. The third kappa shape index (κ3) is 16.6. The van der Waals surface area contributed by atoms with Crippen LogP contribution in [-0.4, -0.2) is 25.2 Å². The van der Waals surface area contributed by atoms with Crippen molar-refractivity contribution in [3.8, 4) is 0 Å². The molecule has 0 radical (unpaired) electrons. The number of hydrogen-bond donors (Lipinski definition) is 2. The first kappa shape index (κ1) is 28.0. The van der Waals surface area contributed by atoms with Gasteiger partial charge in [0, 0.05) is 12.1 Å². The summed E-state index contributed by atoms with van der Waals surface area (Å²) >= 11 is 0. The molecule has 0 aromatic rings. The summed E-state index contributed by atoms with van der Waals surface area (Å²) in [6.07, 6.45) is 31.3. The van der Waals surface area contributed by atoms with Crippen molar-refractivity contribution >= 4 is 0 Å². The lowest BCUT2D eigenvalue weighted by atomic mass is 9.90. The van der Waals surface area contributed by atoms with Gasteiger partial charge >= 0.3 is 0 Å². The molecule has 0 heterocycles. The summed E-state index contributed by atoms with van der Waals surface area (Å²) in [7, 11) is 0. The van der Waals surface area contributed by atoms with Gasteiger partial charge in [0.25, 0.3) is 0 Å². The molecule has 1 fully saturated rings. The van der Waals surface area contributed by atoms with Crippen LogP contribution in [0.1, 0.15) is 155 Å². The number of nitrogens with one attached hydrogen (secondary N) is 2. The van der Waals surface area contributed by atoms with E-state index in [2.05, 4.69) is 24.5 Å². The first-order valence-electron chi connectivity index (χ1n) is 14.3. The zero-order valence-corrected chi connectivity index (χ0v) is 21.1. The second-order valence-corrected chi connectivity index (χ2v) is 10.1. The third-order valence-corrected chi connectivity index (χ3v) is 7.14. The molecule has 2 unspecified atom stereocenters. The van der Waals surface area contributed by atoms with Crippen LogP contribution in [0.2, 0.25) is 0 Å². The molecule has 1 aliphatic carbocycles. The summed E-state index contributed by atoms with van der Waals surface area (Å²) < 4.78 is 0. The van der Waals surface area contributed by atoms with E-state index in [1.165, 1.54) is 154 Å². The fourth-order valence-corrected chi connectivity index (χ4v) is 5.07. The Morgan fingerprint density at radius 2 is 0.733 bits per heavy atom. The van der Waals surface area contributed by atoms with E-state index in [1.54, 1.807) is 0 Å². The van der Waals surface area contributed by atoms with Gasteiger partial charge in [-0.15, -0.1) is 0 Å². The Balaban J connectivity index is 1.94. The Morgan fingerprint density at radius 3 is 1.07 bits per heavy atom. The Morgan fingerprint density at radius 1 is 0.433 bits per heavy atom. The fourth-order valence-electron chi connectivity index (χ4n) is 5.07. The predicted octanol–water partition coefficient (Wildman–Crippen LogP) is 8.54. The molecule has 0 aliphatic heterocycles. The number of hydrogen-bond acceptors (Lipinski definition) is 2. The Kier molecular flexibility index (Phi) is 20.6. The highest BCUT2D eigenvalue weighted by Crippen LogP contribution is 2.19. The van der Waals surface area contributed by atoms with Crippen LogP contribution in [0.25, 0.3) is 0 Å². The van der Waals surface area contributed by atoms with Crippen LogP contribution in [0, 0.1) is 0 Å². The van der Waals surface area contributed by atoms with Crippen molar-refractivity contribution in [1.82, 2.24) is 10.6 Å². The molecule has 0 amide bonds. The Bertz CT molecular complexity index is 299. The van der Waals surface area contributed by atoms with Crippen LogP contribution in [-0.2, 0) is 0 Å². The SMILES string of the molecule is CCCCCCCCCCCNC1CCCCC1NCCCCCCCCCCC. The van der Waals surface area contributed by atoms with E-state index >= 15 is 0 Å². The third-order valence-electron chi connectivity index (χ3n) is 7.14. The molecule has 180 valence electrons. The average molecular weight is 423 g/mol. The van der Waals surface area contributed by atoms with E-state index in [1.807, 2.05) is 0 Å². The van der Waals surface area contributed by atoms with Gasteiger partial charge in [0.05, 0.1) is 0 Å². The van der Waals surface area contributed by atoms with E-state index in [4.69, 9.17) is 0 Å². The zero-order valence-electron chi connectivity index (χ0n) is 21.1. The van der Waals surface area contributed by atoms with Gasteiger partial charge in [0.2, 0.25) is 0 Å². The highest BCUT2D eigenvalue weighted by Gasteiger charge is 2.23. The summed E-state index contributed by atoms with van der Waals surface area (Å²) in [6, 6.07) is 1.46. The van der Waals surface area contributed by atoms with E-state index in [-0.39, 0.29) is 0 Å². The monoisotopic (exact) mass is 422 g/mol. The maximum Gasteiger partial charge on any atom is 0.0221 e. The molecule has 30 heavy (non-hydrogen) atoms. The van der Waals surface area contributed by atoms with Crippen molar-refractivity contribution in [2.75, 3.05) is 13.1 Å². The molecule has 0 saturated heterocycles. The average Bonchev–Trinajstić information content (AvgIpc) is 2.77. The number of rotatable bonds is 22. The lowest BCUT2D eigenvalue weighted by molar-refractivity contribution is 0.281. The van der Waals surface area contributed by atoms with Crippen LogP contribution in [0.15, 0.2) is 0 Å². The summed E-state index contributed by atoms with van der Waals surface area (Å²) in [5, 5.41) is 7.83. The smallest absolute Gasteiger partial charge is 0.0221 e. The standard InChI is InChI=1S/C28H58N2/c1-3-5-7-9-11-13-15-17-21-25-29-27-23-19-20-24-28(27)30-26-22-18-16-14-12-10-8-6-4-2/h27-30H,3-26H2,1-2H3. The largest absolute Gasteiger partial charge is 0.312 e. The molecule has 2 heteroatoms. The first-order chi connectivity index (χ1) is 14.9. The molecule has 2 nitrogen and oxygen atoms in total. The van der Waals surface area contributed by atoms with Crippen LogP contribution in [0.3, 0.4) is 0 Å². The molecule has 0 bridgehead atoms. The van der Waals surface area contributed by atoms with E-state index in [0.717, 1.165) is 12.1 Å². The van der Waals surface area contributed by atoms with Gasteiger partial charge in [-0.2, -0.15) is 0 Å². The molecule has 1 aliphatic rings. The second-order valence-electron chi connectivity index (χ2n) is 10.1. The van der Waals surface area contributed by atoms with Crippen molar-refractivity contribution in [2.24, 2.45) is 0 Å². The maximum atomic E-state index is 3.91. The topological polar surface area (TPSA) is 24.1 Å². The highest BCUT2D eigenvalue weighted by atomic mass is 15.0. The van der Waals surface area contributed by atoms with Gasteiger partial charge in [-0.25, -0.2) is 0 Å². The zero-order chi connectivity index (χ0) is 21.5. The Hall–Kier alpha value is -0.0800. The quantitative estimate of drug-likeness (QED) is 0.171. The highest BCUT2D eigenvalue weighted by molar-refractivity contribution is 4.86. The van der Waals surface area contributed by atoms with Crippen LogP contribution in [0.4, 0.5) is 0 Å². The van der Waals surface area contributed by atoms with Gasteiger partial charge in [-0.3, -0.25) is 0 Å². The Labute approximate surface area is 191 Å². The first-order valence-corrected chi connectivity index (χ1v) is 14.3. The van der Waals surface area contributed by atoms with Gasteiger partial charge in [0.15, 0.2) is 0 Å². The molecule has 2 atom stereocenters. The van der Waals surface area contributed by atoms with Crippen LogP contribution < -0.4 is 10.6 Å². The fraction of sp³-hybridized carbons (Fsp3) is 1.00. The molecule has 0 spiro atoms. The van der Waals surface area contributed by atoms with E-state index in [0.29, 0.717) is 0 Å². The summed E-state index contributed by atoms with van der Waals surface area (Å²) in [4.78, 5) is 0. The second kappa shape index (κ2) is 22.1. The van der Waals surface area contributed by atoms with Crippen molar-refractivity contribution < 1.29 is 0 Å². The molecule has 2 N–H and O–H groups in total. The summed E-state index contributed by atoms with van der Waals surface area (Å²) in [5.41, 5.74) is 0. The van der Waals surface area contributed by atoms with Gasteiger partial charge < -0.3 is 10.6 Å². The van der Waals surface area contributed by atoms with Gasteiger partial charge in [-0.1, -0.05) is 129 Å². The van der Waals surface area contributed by atoms with Crippen molar-refractivity contribution in [3.63, 3.8) is 0 Å². The molecule has 1 saturated carbocycles. The van der Waals surface area contributed by atoms with E-state index in [9.17, 15) is 0 Å². The van der Waals surface area contributed by atoms with Crippen LogP contribution in [0.5, 0.6) is 0 Å². The molecule has 0 aromatic heterocycles. The van der Waals surface area contributed by atoms with Crippen molar-refractivity contribution in [1.29, 1.82) is 0 Å². The molecule has 1 rings (SSSR count). The van der Waals surface area contributed by atoms with Crippen LogP contribution >= 0.6 is 0 Å². The van der Waals surface area contributed by atoms with Gasteiger partial charge in [-0.05, 0) is 38.8 Å². The van der Waals surface area contributed by atoms with Crippen molar-refractivity contribution in [2.45, 2.75) is 167 Å². The minimum absolute atomic E-state index is 0.728. The minimum atomic E-state index is 0.728. The molecule has 0 aromatic carbocycles. The van der Waals surface area contributed by atoms with Crippen molar-refractivity contribution in [3.05, 3.63) is 0 Å². The predicted molar refractivity (Wildman–Crippen MR) is 137 cm³/mol. The lowest BCUT2D eigenvalue weighted by Gasteiger charge is -2.33. The molecular weight excluding hydrogens is 364 g/mol. The minimum Gasteiger partial charge on any atom is -0.312 e. The van der Waals surface area contributed by atoms with Gasteiger partial charge in [0.1, 0.15) is 0 Å². The summed E-state index contributed by atoms with van der Waals surface area (Å²) in [6.45, 7) is 7.07. The van der Waals surface area contributed by atoms with E-state index < -0.39 is 0 Å². The number of unbranched alkanes of at least 4 members (excludes halogenated alkanes) is 16. The maximum absolute atomic E-state index is 3.91. The molecular formula is C28H58N2. The summed E-state index contributed by atoms with van der Waals surface area (Å²) in [5.74, 6) is 0.